The normalized spacial score (nSPS) is 15.1. The van der Waals surface area contributed by atoms with Crippen LogP contribution in [0.5, 0.6) is 0 Å². The lowest BCUT2D eigenvalue weighted by Crippen LogP contribution is -2.64. The number of hydrogen-bond donors (Lipinski definition) is 1. The predicted molar refractivity (Wildman–Crippen MR) is 93.2 cm³/mol. The summed E-state index contributed by atoms with van der Waals surface area (Å²) in [7, 11) is -9.88. The van der Waals surface area contributed by atoms with E-state index in [0.29, 0.717) is 12.7 Å². The molecule has 0 unspecified atom stereocenters. The molecule has 0 saturated heterocycles. The molecule has 28 heavy (non-hydrogen) atoms. The Morgan fingerprint density at radius 3 is 1.93 bits per heavy atom. The van der Waals surface area contributed by atoms with Crippen molar-refractivity contribution in [2.45, 2.75) is 37.1 Å². The van der Waals surface area contributed by atoms with Crippen molar-refractivity contribution in [3.8, 4) is 0 Å². The van der Waals surface area contributed by atoms with Crippen LogP contribution in [0.15, 0.2) is 29.2 Å². The summed E-state index contributed by atoms with van der Waals surface area (Å²) in [5.41, 5.74) is 0.642. The molecule has 0 aromatic heterocycles. The van der Waals surface area contributed by atoms with Crippen LogP contribution < -0.4 is 4.72 Å². The number of aryl methyl sites for hydroxylation is 1. The molecular formula is C15H21F3NO7PS. The van der Waals surface area contributed by atoms with Crippen molar-refractivity contribution in [2.24, 2.45) is 0 Å². The van der Waals surface area contributed by atoms with E-state index in [1.54, 1.807) is 6.92 Å². The van der Waals surface area contributed by atoms with Crippen LogP contribution >= 0.6 is 7.60 Å². The van der Waals surface area contributed by atoms with Crippen molar-refractivity contribution in [1.82, 2.24) is 4.72 Å². The van der Waals surface area contributed by atoms with Gasteiger partial charge >= 0.3 is 25.0 Å². The van der Waals surface area contributed by atoms with Crippen LogP contribution in [-0.2, 0) is 33.2 Å². The van der Waals surface area contributed by atoms with E-state index in [4.69, 9.17) is 0 Å². The SMILES string of the molecule is CCOP(=O)(OCC)[C@](NS(=O)(=O)c1ccc(C)cc1)(C(=O)OC)C(F)(F)F. The fourth-order valence-corrected chi connectivity index (χ4v) is 6.00. The number of rotatable bonds is 9. The van der Waals surface area contributed by atoms with Gasteiger partial charge in [-0.15, -0.1) is 0 Å². The molecule has 0 amide bonds. The number of hydrogen-bond acceptors (Lipinski definition) is 7. The molecule has 1 N–H and O–H groups in total. The number of carbonyl (C=O) groups is 1. The summed E-state index contributed by atoms with van der Waals surface area (Å²) in [5.74, 6) is -2.18. The number of benzene rings is 1. The summed E-state index contributed by atoms with van der Waals surface area (Å²) in [6, 6.07) is 4.74. The average molecular weight is 447 g/mol. The second-order valence-corrected chi connectivity index (χ2v) is 9.32. The topological polar surface area (TPSA) is 108 Å². The summed E-state index contributed by atoms with van der Waals surface area (Å²) in [5, 5.41) is -4.30. The third kappa shape index (κ3) is 4.57. The van der Waals surface area contributed by atoms with Crippen LogP contribution in [-0.4, -0.2) is 46.2 Å². The molecule has 8 nitrogen and oxygen atoms in total. The Labute approximate surface area is 160 Å². The minimum absolute atomic E-state index is 0.557. The van der Waals surface area contributed by atoms with Gasteiger partial charge in [-0.25, -0.2) is 13.2 Å². The van der Waals surface area contributed by atoms with E-state index >= 15 is 0 Å². The quantitative estimate of drug-likeness (QED) is 0.458. The van der Waals surface area contributed by atoms with Gasteiger partial charge in [0.15, 0.2) is 0 Å². The average Bonchev–Trinajstić information content (AvgIpc) is 2.58. The fourth-order valence-electron chi connectivity index (χ4n) is 2.23. The van der Waals surface area contributed by atoms with Gasteiger partial charge in [0.1, 0.15) is 0 Å². The van der Waals surface area contributed by atoms with E-state index in [0.717, 1.165) is 12.1 Å². The molecule has 0 radical (unpaired) electrons. The van der Waals surface area contributed by atoms with E-state index in [1.165, 1.54) is 30.7 Å². The van der Waals surface area contributed by atoms with Crippen LogP contribution in [0.4, 0.5) is 13.2 Å². The lowest BCUT2D eigenvalue weighted by molar-refractivity contribution is -0.193. The Hall–Kier alpha value is -1.46. The third-order valence-electron chi connectivity index (χ3n) is 3.51. The predicted octanol–water partition coefficient (Wildman–Crippen LogP) is 2.97. The molecular weight excluding hydrogens is 426 g/mol. The summed E-state index contributed by atoms with van der Waals surface area (Å²) in [4.78, 5) is 11.7. The minimum Gasteiger partial charge on any atom is -0.467 e. The van der Waals surface area contributed by atoms with Gasteiger partial charge in [-0.2, -0.15) is 17.9 Å². The molecule has 1 atom stereocenters. The van der Waals surface area contributed by atoms with Crippen LogP contribution in [0.3, 0.4) is 0 Å². The third-order valence-corrected chi connectivity index (χ3v) is 7.70. The van der Waals surface area contributed by atoms with E-state index in [9.17, 15) is 30.9 Å². The van der Waals surface area contributed by atoms with Crippen LogP contribution in [0.2, 0.25) is 0 Å². The molecule has 0 bridgehead atoms. The smallest absolute Gasteiger partial charge is 0.430 e. The number of sulfonamides is 1. The number of halogens is 3. The molecule has 1 rings (SSSR count). The molecule has 0 fully saturated rings. The summed E-state index contributed by atoms with van der Waals surface area (Å²) >= 11 is 0. The van der Waals surface area contributed by atoms with Crippen molar-refractivity contribution >= 4 is 23.6 Å². The Kier molecular flexibility index (Phi) is 7.82. The monoisotopic (exact) mass is 447 g/mol. The number of ether oxygens (including phenoxy) is 1. The highest BCUT2D eigenvalue weighted by Gasteiger charge is 2.76. The van der Waals surface area contributed by atoms with E-state index in [1.807, 2.05) is 0 Å². The molecule has 0 aliphatic rings. The summed E-state index contributed by atoms with van der Waals surface area (Å²) in [6.07, 6.45) is -5.72. The molecule has 160 valence electrons. The zero-order chi connectivity index (χ0) is 21.8. The molecule has 0 heterocycles. The van der Waals surface area contributed by atoms with Crippen molar-refractivity contribution in [1.29, 1.82) is 0 Å². The van der Waals surface area contributed by atoms with Gasteiger partial charge in [-0.1, -0.05) is 17.7 Å². The van der Waals surface area contributed by atoms with E-state index < -0.39 is 53.2 Å². The molecule has 1 aromatic rings. The van der Waals surface area contributed by atoms with Gasteiger partial charge in [-0.05, 0) is 32.9 Å². The molecule has 0 saturated carbocycles. The Bertz CT molecular complexity index is 832. The van der Waals surface area contributed by atoms with E-state index in [2.05, 4.69) is 13.8 Å². The lowest BCUT2D eigenvalue weighted by atomic mass is 10.2. The Morgan fingerprint density at radius 1 is 1.11 bits per heavy atom. The second kappa shape index (κ2) is 8.91. The maximum absolute atomic E-state index is 14.1. The number of nitrogens with one attached hydrogen (secondary N) is 1. The van der Waals surface area contributed by atoms with Crippen LogP contribution in [0, 0.1) is 6.92 Å². The van der Waals surface area contributed by atoms with Crippen molar-refractivity contribution in [3.05, 3.63) is 29.8 Å². The van der Waals surface area contributed by atoms with Gasteiger partial charge in [0.25, 0.3) is 0 Å². The Balaban J connectivity index is 3.77. The number of methoxy groups -OCH3 is 1. The van der Waals surface area contributed by atoms with Gasteiger partial charge in [0.2, 0.25) is 10.0 Å². The largest absolute Gasteiger partial charge is 0.467 e. The minimum atomic E-state index is -5.72. The first-order valence-corrected chi connectivity index (χ1v) is 11.0. The zero-order valence-electron chi connectivity index (χ0n) is 15.6. The highest BCUT2D eigenvalue weighted by Crippen LogP contribution is 2.65. The zero-order valence-corrected chi connectivity index (χ0v) is 17.3. The second-order valence-electron chi connectivity index (χ2n) is 5.45. The summed E-state index contributed by atoms with van der Waals surface area (Å²) < 4.78 is 95.3. The highest BCUT2D eigenvalue weighted by molar-refractivity contribution is 7.90. The fraction of sp³-hybridized carbons (Fsp3) is 0.533. The molecule has 1 aromatic carbocycles. The highest BCUT2D eigenvalue weighted by atomic mass is 32.2. The lowest BCUT2D eigenvalue weighted by Gasteiger charge is -2.37. The maximum atomic E-state index is 14.1. The molecule has 13 heteroatoms. The van der Waals surface area contributed by atoms with Crippen molar-refractivity contribution < 1.29 is 44.7 Å². The number of esters is 1. The van der Waals surface area contributed by atoms with Gasteiger partial charge < -0.3 is 13.8 Å². The van der Waals surface area contributed by atoms with Crippen LogP contribution in [0.25, 0.3) is 0 Å². The first-order valence-electron chi connectivity index (χ1n) is 7.96. The van der Waals surface area contributed by atoms with Gasteiger partial charge in [0, 0.05) is 0 Å². The van der Waals surface area contributed by atoms with Crippen LogP contribution in [0.1, 0.15) is 19.4 Å². The van der Waals surface area contributed by atoms with E-state index in [-0.39, 0.29) is 0 Å². The molecule has 0 aliphatic heterocycles. The first-order chi connectivity index (χ1) is 12.8. The number of alkyl halides is 3. The first kappa shape index (κ1) is 24.6. The summed E-state index contributed by atoms with van der Waals surface area (Å²) in [6.45, 7) is 2.94. The molecule has 0 aliphatic carbocycles. The van der Waals surface area contributed by atoms with Crippen molar-refractivity contribution in [2.75, 3.05) is 20.3 Å². The number of carbonyl (C=O) groups excluding carboxylic acids is 1. The molecule has 0 spiro atoms. The maximum Gasteiger partial charge on any atom is 0.430 e. The van der Waals surface area contributed by atoms with Crippen molar-refractivity contribution in [3.63, 3.8) is 0 Å². The van der Waals surface area contributed by atoms with Gasteiger partial charge in [-0.3, -0.25) is 4.57 Å². The standard InChI is InChI=1S/C15H21F3NO7PS/c1-5-25-27(21,26-6-2)14(13(20)24-4,15(16,17)18)19-28(22,23)12-9-7-11(3)8-10-12/h7-10,19H,5-6H2,1-4H3/t14-/m1/s1. The van der Waals surface area contributed by atoms with Gasteiger partial charge in [0.05, 0.1) is 25.2 Å². The Morgan fingerprint density at radius 2 is 1.57 bits per heavy atom.